The van der Waals surface area contributed by atoms with Gasteiger partial charge in [0.15, 0.2) is 0 Å². The Kier molecular flexibility index (Phi) is 1.89. The van der Waals surface area contributed by atoms with Crippen LogP contribution in [0.2, 0.25) is 0 Å². The Bertz CT molecular complexity index is 245. The number of aromatic nitrogens is 1. The molecule has 0 bridgehead atoms. The number of hydrogen-bond donors (Lipinski definition) is 2. The van der Waals surface area contributed by atoms with Gasteiger partial charge in [-0.2, -0.15) is 0 Å². The van der Waals surface area contributed by atoms with Gasteiger partial charge < -0.3 is 10.8 Å². The zero-order valence-corrected chi connectivity index (χ0v) is 5.46. The van der Waals surface area contributed by atoms with E-state index in [2.05, 4.69) is 4.98 Å². The Morgan fingerprint density at radius 2 is 2.09 bits per heavy atom. The third-order valence-electron chi connectivity index (χ3n) is 1.22. The largest absolute Gasteiger partial charge is 0.506 e. The molecule has 1 aromatic rings. The Hall–Kier alpha value is -1.39. The summed E-state index contributed by atoms with van der Waals surface area (Å²) in [5.41, 5.74) is 4.37. The summed E-state index contributed by atoms with van der Waals surface area (Å²) in [7, 11) is 0. The fourth-order valence-electron chi connectivity index (χ4n) is 0.713. The van der Waals surface area contributed by atoms with Gasteiger partial charge in [-0.15, -0.1) is 0 Å². The second-order valence-corrected chi connectivity index (χ2v) is 1.96. The van der Waals surface area contributed by atoms with Gasteiger partial charge in [-0.25, -0.2) is 8.78 Å². The minimum absolute atomic E-state index is 0.194. The smallest absolute Gasteiger partial charge is 0.269 e. The van der Waals surface area contributed by atoms with E-state index in [0.29, 0.717) is 0 Å². The van der Waals surface area contributed by atoms with Gasteiger partial charge in [0.25, 0.3) is 6.43 Å². The number of alkyl halides is 2. The minimum atomic E-state index is -2.77. The van der Waals surface area contributed by atoms with Crippen molar-refractivity contribution in [3.05, 3.63) is 18.0 Å². The number of aromatic hydroxyl groups is 1. The van der Waals surface area contributed by atoms with Gasteiger partial charge in [0.05, 0.1) is 23.6 Å². The van der Waals surface area contributed by atoms with Crippen LogP contribution in [-0.4, -0.2) is 10.1 Å². The molecule has 0 saturated carbocycles. The van der Waals surface area contributed by atoms with E-state index in [1.165, 1.54) is 0 Å². The topological polar surface area (TPSA) is 59.1 Å². The molecule has 3 N–H and O–H groups in total. The Morgan fingerprint density at radius 1 is 1.45 bits per heavy atom. The summed E-state index contributed by atoms with van der Waals surface area (Å²) < 4.78 is 24.0. The molecule has 60 valence electrons. The Morgan fingerprint density at radius 3 is 2.45 bits per heavy atom. The number of hydrogen-bond acceptors (Lipinski definition) is 3. The van der Waals surface area contributed by atoms with Crippen LogP contribution >= 0.6 is 0 Å². The molecule has 0 unspecified atom stereocenters. The Balaban J connectivity index is 3.21. The van der Waals surface area contributed by atoms with E-state index in [1.54, 1.807) is 0 Å². The molecule has 0 atom stereocenters. The van der Waals surface area contributed by atoms with E-state index >= 15 is 0 Å². The van der Waals surface area contributed by atoms with E-state index in [4.69, 9.17) is 10.8 Å². The number of anilines is 1. The average Bonchev–Trinajstić information content (AvgIpc) is 1.85. The molecule has 0 spiro atoms. The molecule has 3 nitrogen and oxygen atoms in total. The van der Waals surface area contributed by atoms with Crippen molar-refractivity contribution in [2.24, 2.45) is 0 Å². The van der Waals surface area contributed by atoms with Crippen molar-refractivity contribution in [2.75, 3.05) is 5.73 Å². The first-order chi connectivity index (χ1) is 5.13. The summed E-state index contributed by atoms with van der Waals surface area (Å²) in [6.45, 7) is 0. The molecular formula is C6H6F2N2O. The number of nitrogens with zero attached hydrogens (tertiary/aromatic N) is 1. The standard InChI is InChI=1S/C6H6F2N2O/c7-6(8)5-3(9)1-10-2-4(5)11/h1-2,6,11H,9H2. The van der Waals surface area contributed by atoms with Crippen molar-refractivity contribution in [1.29, 1.82) is 0 Å². The minimum Gasteiger partial charge on any atom is -0.506 e. The molecule has 0 aliphatic rings. The lowest BCUT2D eigenvalue weighted by atomic mass is 10.2. The normalized spacial score (nSPS) is 10.5. The highest BCUT2D eigenvalue weighted by Crippen LogP contribution is 2.31. The molecule has 5 heteroatoms. The van der Waals surface area contributed by atoms with E-state index in [-0.39, 0.29) is 5.69 Å². The second-order valence-electron chi connectivity index (χ2n) is 1.96. The summed E-state index contributed by atoms with van der Waals surface area (Å²) in [6.07, 6.45) is -0.767. The molecule has 1 aromatic heterocycles. The van der Waals surface area contributed by atoms with Crippen LogP contribution in [0.15, 0.2) is 12.4 Å². The molecule has 0 saturated heterocycles. The predicted molar refractivity (Wildman–Crippen MR) is 35.3 cm³/mol. The van der Waals surface area contributed by atoms with Crippen LogP contribution in [0.3, 0.4) is 0 Å². The van der Waals surface area contributed by atoms with Crippen LogP contribution in [0.4, 0.5) is 14.5 Å². The van der Waals surface area contributed by atoms with E-state index in [0.717, 1.165) is 12.4 Å². The summed E-state index contributed by atoms with van der Waals surface area (Å²) in [6, 6.07) is 0. The van der Waals surface area contributed by atoms with Gasteiger partial charge in [0, 0.05) is 0 Å². The van der Waals surface area contributed by atoms with E-state index < -0.39 is 17.7 Å². The van der Waals surface area contributed by atoms with Gasteiger partial charge in [-0.1, -0.05) is 0 Å². The van der Waals surface area contributed by atoms with E-state index in [9.17, 15) is 8.78 Å². The summed E-state index contributed by atoms with van der Waals surface area (Å²) >= 11 is 0. The number of pyridine rings is 1. The molecule has 0 aliphatic carbocycles. The first kappa shape index (κ1) is 7.71. The van der Waals surface area contributed by atoms with Gasteiger partial charge >= 0.3 is 0 Å². The zero-order chi connectivity index (χ0) is 8.43. The average molecular weight is 160 g/mol. The quantitative estimate of drug-likeness (QED) is 0.651. The molecule has 11 heavy (non-hydrogen) atoms. The fourth-order valence-corrected chi connectivity index (χ4v) is 0.713. The van der Waals surface area contributed by atoms with Crippen molar-refractivity contribution in [2.45, 2.75) is 6.43 Å². The highest BCUT2D eigenvalue weighted by molar-refractivity contribution is 5.51. The van der Waals surface area contributed by atoms with E-state index in [1.807, 2.05) is 0 Å². The summed E-state index contributed by atoms with van der Waals surface area (Å²) in [4.78, 5) is 3.42. The number of rotatable bonds is 1. The van der Waals surface area contributed by atoms with Gasteiger partial charge in [-0.3, -0.25) is 4.98 Å². The van der Waals surface area contributed by atoms with Crippen LogP contribution in [-0.2, 0) is 0 Å². The second kappa shape index (κ2) is 2.69. The lowest BCUT2D eigenvalue weighted by molar-refractivity contribution is 0.148. The van der Waals surface area contributed by atoms with Crippen LogP contribution in [0.5, 0.6) is 5.75 Å². The maximum absolute atomic E-state index is 12.0. The lowest BCUT2D eigenvalue weighted by Gasteiger charge is -2.04. The molecule has 1 heterocycles. The molecule has 1 rings (SSSR count). The fraction of sp³-hybridized carbons (Fsp3) is 0.167. The van der Waals surface area contributed by atoms with Crippen LogP contribution in [0.25, 0.3) is 0 Å². The van der Waals surface area contributed by atoms with Crippen molar-refractivity contribution < 1.29 is 13.9 Å². The van der Waals surface area contributed by atoms with Crippen LogP contribution < -0.4 is 5.73 Å². The third kappa shape index (κ3) is 1.36. The van der Waals surface area contributed by atoms with Gasteiger partial charge in [-0.05, 0) is 0 Å². The maximum atomic E-state index is 12.0. The first-order valence-electron chi connectivity index (χ1n) is 2.83. The maximum Gasteiger partial charge on any atom is 0.269 e. The number of halogens is 2. The predicted octanol–water partition coefficient (Wildman–Crippen LogP) is 1.31. The van der Waals surface area contributed by atoms with Crippen molar-refractivity contribution in [1.82, 2.24) is 4.98 Å². The lowest BCUT2D eigenvalue weighted by Crippen LogP contribution is -1.95. The highest BCUT2D eigenvalue weighted by Gasteiger charge is 2.15. The zero-order valence-electron chi connectivity index (χ0n) is 5.46. The van der Waals surface area contributed by atoms with Crippen LogP contribution in [0, 0.1) is 0 Å². The van der Waals surface area contributed by atoms with Crippen molar-refractivity contribution in [3.63, 3.8) is 0 Å². The van der Waals surface area contributed by atoms with Crippen molar-refractivity contribution in [3.8, 4) is 5.75 Å². The third-order valence-corrected chi connectivity index (χ3v) is 1.22. The number of nitrogens with two attached hydrogens (primary N) is 1. The molecular weight excluding hydrogens is 154 g/mol. The molecule has 0 aromatic carbocycles. The van der Waals surface area contributed by atoms with Crippen molar-refractivity contribution >= 4 is 5.69 Å². The first-order valence-corrected chi connectivity index (χ1v) is 2.83. The summed E-state index contributed by atoms with van der Waals surface area (Å²) in [5, 5.41) is 8.84. The monoisotopic (exact) mass is 160 g/mol. The van der Waals surface area contributed by atoms with Gasteiger partial charge in [0.1, 0.15) is 5.75 Å². The van der Waals surface area contributed by atoms with Gasteiger partial charge in [0.2, 0.25) is 0 Å². The summed E-state index contributed by atoms with van der Waals surface area (Å²) in [5.74, 6) is -0.569. The molecule has 0 amide bonds. The highest BCUT2D eigenvalue weighted by atomic mass is 19.3. The Labute approximate surface area is 61.5 Å². The van der Waals surface area contributed by atoms with Crippen LogP contribution in [0.1, 0.15) is 12.0 Å². The molecule has 0 fully saturated rings. The molecule has 0 radical (unpaired) electrons. The SMILES string of the molecule is Nc1cncc(O)c1C(F)F. The molecule has 0 aliphatic heterocycles. The number of nitrogen functional groups attached to an aromatic ring is 1.